The predicted molar refractivity (Wildman–Crippen MR) is 78.5 cm³/mol. The number of hydrogen-bond donors (Lipinski definition) is 2. The molecule has 5 nitrogen and oxygen atoms in total. The van der Waals surface area contributed by atoms with Gasteiger partial charge in [0.05, 0.1) is 0 Å². The van der Waals surface area contributed by atoms with Crippen LogP contribution in [0.4, 0.5) is 11.5 Å². The summed E-state index contributed by atoms with van der Waals surface area (Å²) >= 11 is 0. The van der Waals surface area contributed by atoms with Crippen molar-refractivity contribution in [2.45, 2.75) is 19.4 Å². The van der Waals surface area contributed by atoms with Gasteiger partial charge in [0.15, 0.2) is 5.84 Å². The smallest absolute Gasteiger partial charge is 0.171 e. The highest BCUT2D eigenvalue weighted by atomic mass is 16.4. The van der Waals surface area contributed by atoms with E-state index in [-0.39, 0.29) is 5.84 Å². The van der Waals surface area contributed by atoms with Gasteiger partial charge in [-0.25, -0.2) is 4.98 Å². The lowest BCUT2D eigenvalue weighted by atomic mass is 10.1. The number of oxime groups is 1. The van der Waals surface area contributed by atoms with Gasteiger partial charge in [-0.05, 0) is 37.1 Å². The third kappa shape index (κ3) is 1.97. The maximum absolute atomic E-state index is 8.67. The van der Waals surface area contributed by atoms with Crippen LogP contribution in [0, 0.1) is 0 Å². The lowest BCUT2D eigenvalue weighted by Crippen LogP contribution is -2.25. The van der Waals surface area contributed by atoms with Crippen molar-refractivity contribution in [3.63, 3.8) is 0 Å². The van der Waals surface area contributed by atoms with E-state index in [9.17, 15) is 0 Å². The largest absolute Gasteiger partial charge is 0.409 e. The second-order valence-electron chi connectivity index (χ2n) is 4.94. The Morgan fingerprint density at radius 3 is 2.85 bits per heavy atom. The highest BCUT2D eigenvalue weighted by molar-refractivity contribution is 5.96. The molecule has 1 aliphatic rings. The van der Waals surface area contributed by atoms with E-state index in [0.717, 1.165) is 12.2 Å². The molecule has 0 bridgehead atoms. The number of nitrogens with zero attached hydrogens (tertiary/aromatic N) is 3. The van der Waals surface area contributed by atoms with Crippen LogP contribution in [0.2, 0.25) is 0 Å². The van der Waals surface area contributed by atoms with E-state index in [4.69, 9.17) is 10.9 Å². The van der Waals surface area contributed by atoms with Crippen molar-refractivity contribution >= 4 is 17.3 Å². The first-order chi connectivity index (χ1) is 9.70. The fraction of sp³-hybridized carbons (Fsp3) is 0.200. The summed E-state index contributed by atoms with van der Waals surface area (Å²) in [6.07, 6.45) is 2.64. The van der Waals surface area contributed by atoms with Gasteiger partial charge in [-0.1, -0.05) is 23.4 Å². The number of para-hydroxylation sites is 1. The molecule has 0 radical (unpaired) electrons. The summed E-state index contributed by atoms with van der Waals surface area (Å²) in [7, 11) is 0. The van der Waals surface area contributed by atoms with Crippen LogP contribution >= 0.6 is 0 Å². The Bertz CT molecular complexity index is 651. The van der Waals surface area contributed by atoms with E-state index >= 15 is 0 Å². The SMILES string of the molecule is CC1Cc2ccccc2N1c1ccc(/C(N)=N/O)cn1. The second kappa shape index (κ2) is 4.85. The van der Waals surface area contributed by atoms with Gasteiger partial charge in [0, 0.05) is 23.5 Å². The van der Waals surface area contributed by atoms with Crippen molar-refractivity contribution in [2.24, 2.45) is 10.9 Å². The van der Waals surface area contributed by atoms with Crippen molar-refractivity contribution in [1.29, 1.82) is 0 Å². The lowest BCUT2D eigenvalue weighted by molar-refractivity contribution is 0.318. The Kier molecular flexibility index (Phi) is 3.02. The fourth-order valence-electron chi connectivity index (χ4n) is 2.65. The van der Waals surface area contributed by atoms with Crippen molar-refractivity contribution in [3.8, 4) is 0 Å². The second-order valence-corrected chi connectivity index (χ2v) is 4.94. The Labute approximate surface area is 117 Å². The standard InChI is InChI=1S/C15H16N4O/c1-10-8-11-4-2-3-5-13(11)19(10)14-7-6-12(9-17-14)15(16)18-20/h2-7,9-10,20H,8H2,1H3,(H2,16,18). The Balaban J connectivity index is 1.97. The van der Waals surface area contributed by atoms with Crippen LogP contribution < -0.4 is 10.6 Å². The molecule has 3 rings (SSSR count). The number of anilines is 2. The van der Waals surface area contributed by atoms with Crippen LogP contribution in [0.1, 0.15) is 18.1 Å². The zero-order chi connectivity index (χ0) is 14.1. The first-order valence-corrected chi connectivity index (χ1v) is 6.52. The number of rotatable bonds is 2. The molecule has 0 spiro atoms. The highest BCUT2D eigenvalue weighted by Gasteiger charge is 2.27. The Hall–Kier alpha value is -2.56. The van der Waals surface area contributed by atoms with Crippen LogP contribution in [0.25, 0.3) is 0 Å². The molecule has 0 saturated carbocycles. The van der Waals surface area contributed by atoms with E-state index in [2.05, 4.69) is 40.2 Å². The van der Waals surface area contributed by atoms with Gasteiger partial charge < -0.3 is 15.8 Å². The van der Waals surface area contributed by atoms with Gasteiger partial charge in [-0.2, -0.15) is 0 Å². The molecule has 0 fully saturated rings. The molecule has 3 N–H and O–H groups in total. The number of nitrogens with two attached hydrogens (primary N) is 1. The van der Waals surface area contributed by atoms with Gasteiger partial charge in [-0.15, -0.1) is 0 Å². The molecular weight excluding hydrogens is 252 g/mol. The average molecular weight is 268 g/mol. The highest BCUT2D eigenvalue weighted by Crippen LogP contribution is 2.36. The molecular formula is C15H16N4O. The topological polar surface area (TPSA) is 74.7 Å². The van der Waals surface area contributed by atoms with E-state index < -0.39 is 0 Å². The molecule has 102 valence electrons. The molecule has 1 unspecified atom stereocenters. The molecule has 0 amide bonds. The summed E-state index contributed by atoms with van der Waals surface area (Å²) in [5, 5.41) is 11.6. The maximum atomic E-state index is 8.67. The number of benzene rings is 1. The molecule has 2 aromatic rings. The monoisotopic (exact) mass is 268 g/mol. The van der Waals surface area contributed by atoms with E-state index in [1.54, 1.807) is 6.20 Å². The molecule has 1 aromatic carbocycles. The molecule has 1 aromatic heterocycles. The maximum Gasteiger partial charge on any atom is 0.171 e. The zero-order valence-corrected chi connectivity index (χ0v) is 11.2. The van der Waals surface area contributed by atoms with E-state index in [1.807, 2.05) is 18.2 Å². The quantitative estimate of drug-likeness (QED) is 0.379. The number of aromatic nitrogens is 1. The lowest BCUT2D eigenvalue weighted by Gasteiger charge is -2.23. The van der Waals surface area contributed by atoms with Gasteiger partial charge in [0.2, 0.25) is 0 Å². The molecule has 0 aliphatic carbocycles. The minimum Gasteiger partial charge on any atom is -0.409 e. The molecule has 0 saturated heterocycles. The average Bonchev–Trinajstić information content (AvgIpc) is 2.82. The van der Waals surface area contributed by atoms with Crippen LogP contribution in [-0.4, -0.2) is 22.1 Å². The molecule has 2 heterocycles. The Morgan fingerprint density at radius 2 is 2.15 bits per heavy atom. The minimum absolute atomic E-state index is 0.0684. The third-order valence-corrected chi connectivity index (χ3v) is 3.61. The molecule has 1 aliphatic heterocycles. The summed E-state index contributed by atoms with van der Waals surface area (Å²) < 4.78 is 0. The molecule has 1 atom stereocenters. The Morgan fingerprint density at radius 1 is 1.35 bits per heavy atom. The van der Waals surface area contributed by atoms with Crippen LogP contribution in [0.5, 0.6) is 0 Å². The first-order valence-electron chi connectivity index (χ1n) is 6.52. The van der Waals surface area contributed by atoms with Crippen LogP contribution in [0.15, 0.2) is 47.8 Å². The summed E-state index contributed by atoms with van der Waals surface area (Å²) in [5.41, 5.74) is 8.69. The normalized spacial score (nSPS) is 18.1. The van der Waals surface area contributed by atoms with Crippen molar-refractivity contribution in [2.75, 3.05) is 4.90 Å². The van der Waals surface area contributed by atoms with E-state index in [1.165, 1.54) is 11.3 Å². The number of amidine groups is 1. The van der Waals surface area contributed by atoms with Crippen LogP contribution in [0.3, 0.4) is 0 Å². The van der Waals surface area contributed by atoms with Gasteiger partial charge in [0.25, 0.3) is 0 Å². The molecule has 5 heteroatoms. The van der Waals surface area contributed by atoms with Crippen molar-refractivity contribution in [3.05, 3.63) is 53.7 Å². The zero-order valence-electron chi connectivity index (χ0n) is 11.2. The summed E-state index contributed by atoms with van der Waals surface area (Å²) in [5.74, 6) is 0.941. The fourth-order valence-corrected chi connectivity index (χ4v) is 2.65. The molecule has 20 heavy (non-hydrogen) atoms. The van der Waals surface area contributed by atoms with Crippen LogP contribution in [-0.2, 0) is 6.42 Å². The minimum atomic E-state index is 0.0684. The first kappa shape index (κ1) is 12.5. The van der Waals surface area contributed by atoms with Crippen molar-refractivity contribution < 1.29 is 5.21 Å². The van der Waals surface area contributed by atoms with Gasteiger partial charge >= 0.3 is 0 Å². The van der Waals surface area contributed by atoms with E-state index in [0.29, 0.717) is 11.6 Å². The van der Waals surface area contributed by atoms with Gasteiger partial charge in [-0.3, -0.25) is 0 Å². The number of hydrogen-bond acceptors (Lipinski definition) is 4. The van der Waals surface area contributed by atoms with Gasteiger partial charge in [0.1, 0.15) is 5.82 Å². The number of fused-ring (bicyclic) bond motifs is 1. The number of pyridine rings is 1. The predicted octanol–water partition coefficient (Wildman–Crippen LogP) is 2.26. The third-order valence-electron chi connectivity index (χ3n) is 3.61. The summed E-state index contributed by atoms with van der Waals surface area (Å²) in [6, 6.07) is 12.4. The summed E-state index contributed by atoms with van der Waals surface area (Å²) in [6.45, 7) is 2.18. The summed E-state index contributed by atoms with van der Waals surface area (Å²) in [4.78, 5) is 6.65. The van der Waals surface area contributed by atoms with Crippen molar-refractivity contribution in [1.82, 2.24) is 4.98 Å².